The van der Waals surface area contributed by atoms with E-state index in [1.807, 2.05) is 44.2 Å². The molecule has 0 amide bonds. The zero-order valence-corrected chi connectivity index (χ0v) is 12.3. The van der Waals surface area contributed by atoms with E-state index in [4.69, 9.17) is 4.74 Å². The molecule has 0 saturated carbocycles. The number of benzene rings is 1. The third-order valence-electron chi connectivity index (χ3n) is 3.14. The van der Waals surface area contributed by atoms with E-state index >= 15 is 0 Å². The summed E-state index contributed by atoms with van der Waals surface area (Å²) in [4.78, 5) is 0. The van der Waals surface area contributed by atoms with Gasteiger partial charge >= 0.3 is 0 Å². The second-order valence-electron chi connectivity index (χ2n) is 5.10. The van der Waals surface area contributed by atoms with E-state index in [2.05, 4.69) is 12.2 Å². The van der Waals surface area contributed by atoms with Crippen LogP contribution in [0.25, 0.3) is 0 Å². The van der Waals surface area contributed by atoms with Crippen LogP contribution < -0.4 is 5.32 Å². The minimum absolute atomic E-state index is 0.0986. The van der Waals surface area contributed by atoms with Gasteiger partial charge in [0.05, 0.1) is 12.2 Å². The molecule has 0 aliphatic heterocycles. The van der Waals surface area contributed by atoms with Crippen LogP contribution >= 0.6 is 0 Å². The first kappa shape index (κ1) is 16.2. The first-order valence-electron chi connectivity index (χ1n) is 7.23. The summed E-state index contributed by atoms with van der Waals surface area (Å²) in [5.74, 6) is 0. The molecule has 0 spiro atoms. The summed E-state index contributed by atoms with van der Waals surface area (Å²) in [6, 6.07) is 9.92. The van der Waals surface area contributed by atoms with E-state index in [9.17, 15) is 5.11 Å². The maximum absolute atomic E-state index is 10.3. The predicted octanol–water partition coefficient (Wildman–Crippen LogP) is 2.90. The fourth-order valence-electron chi connectivity index (χ4n) is 2.04. The molecule has 0 fully saturated rings. The normalized spacial score (nSPS) is 14.6. The molecule has 0 heterocycles. The molecule has 0 aromatic heterocycles. The Hall–Kier alpha value is -0.900. The van der Waals surface area contributed by atoms with Crippen LogP contribution in [0.2, 0.25) is 0 Å². The van der Waals surface area contributed by atoms with Crippen molar-refractivity contribution in [3.05, 3.63) is 35.9 Å². The summed E-state index contributed by atoms with van der Waals surface area (Å²) >= 11 is 0. The van der Waals surface area contributed by atoms with Gasteiger partial charge in [0.1, 0.15) is 0 Å². The van der Waals surface area contributed by atoms with Crippen molar-refractivity contribution in [1.82, 2.24) is 5.32 Å². The molecule has 0 saturated heterocycles. The molecule has 19 heavy (non-hydrogen) atoms. The molecule has 1 rings (SSSR count). The zero-order chi connectivity index (χ0) is 14.1. The average Bonchev–Trinajstić information content (AvgIpc) is 2.43. The third kappa shape index (κ3) is 6.19. The molecular formula is C16H27NO2. The van der Waals surface area contributed by atoms with Gasteiger partial charge in [-0.3, -0.25) is 0 Å². The smallest absolute Gasteiger partial charge is 0.0942 e. The van der Waals surface area contributed by atoms with Crippen LogP contribution in [0.15, 0.2) is 30.3 Å². The van der Waals surface area contributed by atoms with E-state index in [0.29, 0.717) is 0 Å². The fourth-order valence-corrected chi connectivity index (χ4v) is 2.04. The van der Waals surface area contributed by atoms with Crippen LogP contribution in [0.4, 0.5) is 0 Å². The first-order valence-corrected chi connectivity index (χ1v) is 7.23. The van der Waals surface area contributed by atoms with Gasteiger partial charge in [0.2, 0.25) is 0 Å². The quantitative estimate of drug-likeness (QED) is 0.675. The van der Waals surface area contributed by atoms with Crippen LogP contribution in [0.3, 0.4) is 0 Å². The zero-order valence-electron chi connectivity index (χ0n) is 12.3. The molecule has 2 N–H and O–H groups in total. The van der Waals surface area contributed by atoms with Crippen LogP contribution in [0.1, 0.15) is 45.3 Å². The summed E-state index contributed by atoms with van der Waals surface area (Å²) in [6.45, 7) is 7.81. The number of nitrogens with one attached hydrogen (secondary N) is 1. The number of rotatable bonds is 9. The van der Waals surface area contributed by atoms with Crippen molar-refractivity contribution in [3.63, 3.8) is 0 Å². The van der Waals surface area contributed by atoms with E-state index in [0.717, 1.165) is 31.6 Å². The van der Waals surface area contributed by atoms with Gasteiger partial charge in [-0.15, -0.1) is 0 Å². The third-order valence-corrected chi connectivity index (χ3v) is 3.14. The Bertz CT molecular complexity index is 327. The number of hydrogen-bond acceptors (Lipinski definition) is 3. The molecule has 3 nitrogen and oxygen atoms in total. The lowest BCUT2D eigenvalue weighted by atomic mass is 10.0. The van der Waals surface area contributed by atoms with Crippen molar-refractivity contribution in [2.45, 2.75) is 51.9 Å². The minimum Gasteiger partial charge on any atom is -0.387 e. The minimum atomic E-state index is -0.447. The average molecular weight is 265 g/mol. The summed E-state index contributed by atoms with van der Waals surface area (Å²) in [5, 5.41) is 13.7. The maximum Gasteiger partial charge on any atom is 0.0942 e. The summed E-state index contributed by atoms with van der Waals surface area (Å²) < 4.78 is 5.50. The Morgan fingerprint density at radius 2 is 1.89 bits per heavy atom. The van der Waals surface area contributed by atoms with Gasteiger partial charge in [0, 0.05) is 12.6 Å². The van der Waals surface area contributed by atoms with Crippen molar-refractivity contribution in [2.75, 3.05) is 13.2 Å². The Morgan fingerprint density at radius 1 is 1.21 bits per heavy atom. The molecule has 3 heteroatoms. The van der Waals surface area contributed by atoms with E-state index in [1.165, 1.54) is 0 Å². The van der Waals surface area contributed by atoms with Crippen LogP contribution in [0, 0.1) is 0 Å². The monoisotopic (exact) mass is 265 g/mol. The number of ether oxygens (including phenoxy) is 1. The predicted molar refractivity (Wildman–Crippen MR) is 79.2 cm³/mol. The van der Waals surface area contributed by atoms with Gasteiger partial charge < -0.3 is 15.2 Å². The fraction of sp³-hybridized carbons (Fsp3) is 0.625. The lowest BCUT2D eigenvalue weighted by Crippen LogP contribution is -2.35. The lowest BCUT2D eigenvalue weighted by Gasteiger charge is -2.23. The SMILES string of the molecule is CCC(NCCCOC(C)C)C(O)c1ccccc1. The molecule has 1 aromatic rings. The van der Waals surface area contributed by atoms with Gasteiger partial charge in [-0.2, -0.15) is 0 Å². The Kier molecular flexibility index (Phi) is 7.72. The Labute approximate surface area is 117 Å². The highest BCUT2D eigenvalue weighted by Gasteiger charge is 2.17. The molecule has 1 aromatic carbocycles. The molecule has 2 unspecified atom stereocenters. The van der Waals surface area contributed by atoms with Crippen LogP contribution in [0.5, 0.6) is 0 Å². The van der Waals surface area contributed by atoms with Gasteiger partial charge in [0.25, 0.3) is 0 Å². The first-order chi connectivity index (χ1) is 9.15. The highest BCUT2D eigenvalue weighted by molar-refractivity contribution is 5.18. The van der Waals surface area contributed by atoms with Gasteiger partial charge in [-0.05, 0) is 38.8 Å². The molecule has 0 radical (unpaired) electrons. The second kappa shape index (κ2) is 9.08. The Balaban J connectivity index is 2.33. The Morgan fingerprint density at radius 3 is 2.47 bits per heavy atom. The largest absolute Gasteiger partial charge is 0.387 e. The summed E-state index contributed by atoms with van der Waals surface area (Å²) in [6.07, 6.45) is 1.71. The van der Waals surface area contributed by atoms with E-state index in [1.54, 1.807) is 0 Å². The topological polar surface area (TPSA) is 41.5 Å². The van der Waals surface area contributed by atoms with E-state index in [-0.39, 0.29) is 12.1 Å². The van der Waals surface area contributed by atoms with Crippen molar-refractivity contribution in [3.8, 4) is 0 Å². The van der Waals surface area contributed by atoms with Crippen molar-refractivity contribution < 1.29 is 9.84 Å². The van der Waals surface area contributed by atoms with Gasteiger partial charge in [-0.25, -0.2) is 0 Å². The van der Waals surface area contributed by atoms with Crippen LogP contribution in [-0.4, -0.2) is 30.4 Å². The molecule has 0 aliphatic rings. The molecule has 0 bridgehead atoms. The molecule has 108 valence electrons. The molecule has 2 atom stereocenters. The summed E-state index contributed by atoms with van der Waals surface area (Å²) in [5.41, 5.74) is 0.972. The summed E-state index contributed by atoms with van der Waals surface area (Å²) in [7, 11) is 0. The standard InChI is InChI=1S/C16H27NO2/c1-4-15(17-11-8-12-19-13(2)3)16(18)14-9-6-5-7-10-14/h5-7,9-10,13,15-18H,4,8,11-12H2,1-3H3. The van der Waals surface area contributed by atoms with E-state index < -0.39 is 6.10 Å². The van der Waals surface area contributed by atoms with Crippen molar-refractivity contribution in [2.24, 2.45) is 0 Å². The van der Waals surface area contributed by atoms with Crippen LogP contribution in [-0.2, 0) is 4.74 Å². The number of aliphatic hydroxyl groups excluding tert-OH is 1. The maximum atomic E-state index is 10.3. The van der Waals surface area contributed by atoms with Gasteiger partial charge in [-0.1, -0.05) is 37.3 Å². The highest BCUT2D eigenvalue weighted by atomic mass is 16.5. The highest BCUT2D eigenvalue weighted by Crippen LogP contribution is 2.18. The number of aliphatic hydroxyl groups is 1. The molecular weight excluding hydrogens is 238 g/mol. The number of hydrogen-bond donors (Lipinski definition) is 2. The van der Waals surface area contributed by atoms with Crippen molar-refractivity contribution >= 4 is 0 Å². The second-order valence-corrected chi connectivity index (χ2v) is 5.10. The lowest BCUT2D eigenvalue weighted by molar-refractivity contribution is 0.0739. The molecule has 0 aliphatic carbocycles. The van der Waals surface area contributed by atoms with Crippen molar-refractivity contribution in [1.29, 1.82) is 0 Å². The van der Waals surface area contributed by atoms with Gasteiger partial charge in [0.15, 0.2) is 0 Å².